The third-order valence-corrected chi connectivity index (χ3v) is 5.28. The van der Waals surface area contributed by atoms with Gasteiger partial charge in [-0.25, -0.2) is 29.5 Å². The summed E-state index contributed by atoms with van der Waals surface area (Å²) >= 11 is 0. The minimum absolute atomic E-state index is 0.122. The van der Waals surface area contributed by atoms with E-state index in [2.05, 4.69) is 35.0 Å². The number of carbonyl (C=O) groups excluding carboxylic acids is 2. The number of aromatic nitrogens is 5. The number of pyridine rings is 1. The fraction of sp³-hybridized carbons (Fsp3) is 0.348. The fourth-order valence-electron chi connectivity index (χ4n) is 3.12. The third-order valence-electron chi connectivity index (χ3n) is 5.28. The lowest BCUT2D eigenvalue weighted by Gasteiger charge is -2.10. The first-order valence-electron chi connectivity index (χ1n) is 10.8. The van der Waals surface area contributed by atoms with Gasteiger partial charge in [0.25, 0.3) is 0 Å². The maximum absolute atomic E-state index is 11.8. The molecule has 0 unspecified atom stereocenters. The van der Waals surface area contributed by atoms with Crippen LogP contribution < -0.4 is 11.1 Å². The molecule has 2 fully saturated rings. The molecule has 2 aliphatic carbocycles. The van der Waals surface area contributed by atoms with Gasteiger partial charge in [-0.2, -0.15) is 0 Å². The van der Waals surface area contributed by atoms with E-state index >= 15 is 0 Å². The largest absolute Gasteiger partial charge is 0.464 e. The van der Waals surface area contributed by atoms with E-state index in [1.54, 1.807) is 30.9 Å². The second-order valence-electron chi connectivity index (χ2n) is 7.92. The first-order valence-corrected chi connectivity index (χ1v) is 10.8. The monoisotopic (exact) mass is 463 g/mol. The van der Waals surface area contributed by atoms with Crippen molar-refractivity contribution in [2.24, 2.45) is 0 Å². The van der Waals surface area contributed by atoms with Crippen LogP contribution in [0.4, 0.5) is 17.3 Å². The van der Waals surface area contributed by atoms with E-state index in [1.807, 2.05) is 6.07 Å². The Labute approximate surface area is 196 Å². The minimum Gasteiger partial charge on any atom is -0.464 e. The van der Waals surface area contributed by atoms with Gasteiger partial charge in [-0.1, -0.05) is 0 Å². The summed E-state index contributed by atoms with van der Waals surface area (Å²) in [5, 5.41) is 3.04. The molecule has 2 saturated carbocycles. The SMILES string of the molecule is COC(=O)c1nc(C2CC2)cnc1N.COC(=O)c1nc(C2CC2)cnc1Nc1cccnc1. The molecule has 0 radical (unpaired) electrons. The Kier molecular flexibility index (Phi) is 6.90. The summed E-state index contributed by atoms with van der Waals surface area (Å²) in [5.41, 5.74) is 8.27. The zero-order valence-corrected chi connectivity index (χ0v) is 18.9. The van der Waals surface area contributed by atoms with Crippen LogP contribution in [0, 0.1) is 0 Å². The molecule has 3 N–H and O–H groups in total. The number of carbonyl (C=O) groups is 2. The zero-order chi connectivity index (χ0) is 24.1. The summed E-state index contributed by atoms with van der Waals surface area (Å²) in [6.45, 7) is 0. The fourth-order valence-corrected chi connectivity index (χ4v) is 3.12. The Hall–Kier alpha value is -4.15. The van der Waals surface area contributed by atoms with Crippen molar-refractivity contribution in [3.63, 3.8) is 0 Å². The topological polar surface area (TPSA) is 155 Å². The van der Waals surface area contributed by atoms with Crippen molar-refractivity contribution in [3.05, 3.63) is 59.7 Å². The van der Waals surface area contributed by atoms with Crippen LogP contribution >= 0.6 is 0 Å². The minimum atomic E-state index is -0.530. The summed E-state index contributed by atoms with van der Waals surface area (Å²) in [4.78, 5) is 43.8. The van der Waals surface area contributed by atoms with Gasteiger partial charge in [0, 0.05) is 18.0 Å². The quantitative estimate of drug-likeness (QED) is 0.518. The molecule has 5 rings (SSSR count). The molecule has 3 heterocycles. The van der Waals surface area contributed by atoms with Crippen molar-refractivity contribution in [2.75, 3.05) is 25.3 Å². The summed E-state index contributed by atoms with van der Waals surface area (Å²) in [7, 11) is 2.63. The highest BCUT2D eigenvalue weighted by molar-refractivity contribution is 5.93. The number of esters is 2. The molecular formula is C23H25N7O4. The van der Waals surface area contributed by atoms with E-state index in [1.165, 1.54) is 14.2 Å². The van der Waals surface area contributed by atoms with E-state index in [9.17, 15) is 9.59 Å². The number of hydrogen-bond donors (Lipinski definition) is 2. The van der Waals surface area contributed by atoms with Crippen LogP contribution in [-0.4, -0.2) is 51.1 Å². The molecule has 0 aliphatic heterocycles. The number of nitrogen functional groups attached to an aromatic ring is 1. The second kappa shape index (κ2) is 10.2. The van der Waals surface area contributed by atoms with Gasteiger partial charge in [0.05, 0.1) is 49.9 Å². The molecule has 176 valence electrons. The first kappa shape index (κ1) is 23.0. The predicted molar refractivity (Wildman–Crippen MR) is 123 cm³/mol. The molecule has 0 saturated heterocycles. The van der Waals surface area contributed by atoms with Crippen LogP contribution in [0.1, 0.15) is 69.9 Å². The smallest absolute Gasteiger partial charge is 0.360 e. The number of nitrogens with one attached hydrogen (secondary N) is 1. The molecule has 11 nitrogen and oxygen atoms in total. The Bertz CT molecular complexity index is 1180. The number of hydrogen-bond acceptors (Lipinski definition) is 11. The van der Waals surface area contributed by atoms with E-state index < -0.39 is 11.9 Å². The van der Waals surface area contributed by atoms with E-state index in [0.717, 1.165) is 42.8 Å². The molecule has 0 amide bonds. The molecule has 0 aromatic carbocycles. The highest BCUT2D eigenvalue weighted by atomic mass is 16.5. The lowest BCUT2D eigenvalue weighted by molar-refractivity contribution is 0.0585. The Morgan fingerprint density at radius 1 is 0.912 bits per heavy atom. The summed E-state index contributed by atoms with van der Waals surface area (Å²) in [6.07, 6.45) is 11.1. The van der Waals surface area contributed by atoms with Crippen LogP contribution in [0.5, 0.6) is 0 Å². The number of nitrogens with zero attached hydrogens (tertiary/aromatic N) is 5. The number of rotatable bonds is 6. The molecule has 3 aromatic rings. The van der Waals surface area contributed by atoms with Gasteiger partial charge in [-0.05, 0) is 37.8 Å². The average molecular weight is 463 g/mol. The van der Waals surface area contributed by atoms with Crippen molar-refractivity contribution >= 4 is 29.3 Å². The molecule has 0 atom stereocenters. The standard InChI is InChI=1S/C14H14N4O2.C9H11N3O2/c1-20-14(19)12-13(17-10-3-2-6-15-7-10)16-8-11(18-12)9-4-5-9;1-14-9(13)7-8(10)11-4-6(12-7)5-2-3-5/h2-3,6-9H,4-5H2,1H3,(H,16,17);4-5H,2-3H2,1H3,(H2,10,11). The molecule has 0 spiro atoms. The highest BCUT2D eigenvalue weighted by Gasteiger charge is 2.28. The van der Waals surface area contributed by atoms with Crippen molar-refractivity contribution < 1.29 is 19.1 Å². The van der Waals surface area contributed by atoms with Crippen LogP contribution in [-0.2, 0) is 9.47 Å². The maximum atomic E-state index is 11.8. The summed E-state index contributed by atoms with van der Waals surface area (Å²) in [5.74, 6) is 0.365. The van der Waals surface area contributed by atoms with Crippen molar-refractivity contribution in [1.82, 2.24) is 24.9 Å². The number of methoxy groups -OCH3 is 2. The van der Waals surface area contributed by atoms with Crippen LogP contribution in [0.15, 0.2) is 36.9 Å². The Morgan fingerprint density at radius 3 is 2.06 bits per heavy atom. The van der Waals surface area contributed by atoms with Crippen molar-refractivity contribution in [1.29, 1.82) is 0 Å². The molecule has 34 heavy (non-hydrogen) atoms. The molecule has 2 aliphatic rings. The zero-order valence-electron chi connectivity index (χ0n) is 18.9. The maximum Gasteiger partial charge on any atom is 0.360 e. The van der Waals surface area contributed by atoms with Gasteiger partial charge in [-0.15, -0.1) is 0 Å². The Balaban J connectivity index is 0.000000172. The van der Waals surface area contributed by atoms with Gasteiger partial charge < -0.3 is 20.5 Å². The van der Waals surface area contributed by atoms with Crippen LogP contribution in [0.25, 0.3) is 0 Å². The lowest BCUT2D eigenvalue weighted by Crippen LogP contribution is -2.11. The highest BCUT2D eigenvalue weighted by Crippen LogP contribution is 2.39. The van der Waals surface area contributed by atoms with Gasteiger partial charge in [0.15, 0.2) is 23.0 Å². The van der Waals surface area contributed by atoms with Crippen molar-refractivity contribution in [3.8, 4) is 0 Å². The van der Waals surface area contributed by atoms with Gasteiger partial charge in [0.1, 0.15) is 0 Å². The number of nitrogens with two attached hydrogens (primary N) is 1. The Morgan fingerprint density at radius 2 is 1.50 bits per heavy atom. The van der Waals surface area contributed by atoms with Gasteiger partial charge in [-0.3, -0.25) is 4.98 Å². The van der Waals surface area contributed by atoms with E-state index in [0.29, 0.717) is 17.7 Å². The van der Waals surface area contributed by atoms with Gasteiger partial charge in [0.2, 0.25) is 0 Å². The number of anilines is 3. The summed E-state index contributed by atoms with van der Waals surface area (Å²) < 4.78 is 9.32. The van der Waals surface area contributed by atoms with Crippen LogP contribution in [0.2, 0.25) is 0 Å². The van der Waals surface area contributed by atoms with Crippen LogP contribution in [0.3, 0.4) is 0 Å². The predicted octanol–water partition coefficient (Wildman–Crippen LogP) is 3.00. The first-order chi connectivity index (χ1) is 16.5. The third kappa shape index (κ3) is 5.61. The normalized spacial score (nSPS) is 14.4. The van der Waals surface area contributed by atoms with E-state index in [-0.39, 0.29) is 17.2 Å². The molecular weight excluding hydrogens is 438 g/mol. The molecule has 3 aromatic heterocycles. The van der Waals surface area contributed by atoms with Gasteiger partial charge >= 0.3 is 11.9 Å². The van der Waals surface area contributed by atoms with E-state index in [4.69, 9.17) is 10.5 Å². The number of ether oxygens (including phenoxy) is 2. The molecule has 0 bridgehead atoms. The van der Waals surface area contributed by atoms with Crippen molar-refractivity contribution in [2.45, 2.75) is 37.5 Å². The summed E-state index contributed by atoms with van der Waals surface area (Å²) in [6, 6.07) is 3.64. The lowest BCUT2D eigenvalue weighted by atomic mass is 10.3. The average Bonchev–Trinajstić information content (AvgIpc) is 3.78. The second-order valence-corrected chi connectivity index (χ2v) is 7.92. The molecule has 11 heteroatoms.